The van der Waals surface area contributed by atoms with Crippen LogP contribution >= 0.6 is 0 Å². The van der Waals surface area contributed by atoms with Crippen LogP contribution in [0.1, 0.15) is 13.3 Å². The van der Waals surface area contributed by atoms with Crippen LogP contribution in [0.5, 0.6) is 0 Å². The topological polar surface area (TPSA) is 78.9 Å². The molecule has 1 fully saturated rings. The molecule has 1 unspecified atom stereocenters. The fraction of sp³-hybridized carbons (Fsp3) is 0.333. The maximum Gasteiger partial charge on any atom is 0.330 e. The molecule has 0 radical (unpaired) electrons. The van der Waals surface area contributed by atoms with Crippen molar-refractivity contribution in [3.8, 4) is 5.69 Å². The first-order chi connectivity index (χ1) is 10.1. The first-order valence-corrected chi connectivity index (χ1v) is 6.97. The molecule has 1 aliphatic rings. The van der Waals surface area contributed by atoms with Crippen molar-refractivity contribution in [3.05, 3.63) is 47.1 Å². The molecule has 6 nitrogen and oxygen atoms in total. The Kier molecular flexibility index (Phi) is 3.39. The third kappa shape index (κ3) is 2.62. The lowest BCUT2D eigenvalue weighted by atomic mass is 9.89. The zero-order valence-corrected chi connectivity index (χ0v) is 11.8. The van der Waals surface area contributed by atoms with E-state index in [1.54, 1.807) is 36.7 Å². The number of nitrogens with one attached hydrogen (secondary N) is 3. The molecule has 0 bridgehead atoms. The van der Waals surface area contributed by atoms with Gasteiger partial charge in [0.05, 0.1) is 11.1 Å². The number of carbonyl (C=O) groups is 1. The summed E-state index contributed by atoms with van der Waals surface area (Å²) in [5.41, 5.74) is 0.959. The van der Waals surface area contributed by atoms with E-state index in [0.717, 1.165) is 24.3 Å². The zero-order valence-electron chi connectivity index (χ0n) is 11.8. The van der Waals surface area contributed by atoms with Gasteiger partial charge in [-0.3, -0.25) is 9.36 Å². The maximum absolute atomic E-state index is 12.3. The summed E-state index contributed by atoms with van der Waals surface area (Å²) in [6, 6.07) is 7.22. The van der Waals surface area contributed by atoms with Crippen molar-refractivity contribution in [2.24, 2.45) is 5.41 Å². The molecule has 6 heteroatoms. The summed E-state index contributed by atoms with van der Waals surface area (Å²) in [7, 11) is 0. The summed E-state index contributed by atoms with van der Waals surface area (Å²) in [4.78, 5) is 26.4. The number of benzene rings is 1. The Hall–Kier alpha value is -2.34. The molecular weight excluding hydrogens is 268 g/mol. The lowest BCUT2D eigenvalue weighted by Crippen LogP contribution is -2.35. The van der Waals surface area contributed by atoms with E-state index in [-0.39, 0.29) is 17.0 Å². The number of hydrogen-bond donors (Lipinski definition) is 3. The molecule has 1 saturated heterocycles. The van der Waals surface area contributed by atoms with Gasteiger partial charge < -0.3 is 15.6 Å². The SMILES string of the molecule is CC1(C(=O)Nc2ccc(-n3cc[nH]c3=O)cc2)CCNC1. The molecular formula is C15H18N4O2. The molecule has 1 amide bonds. The molecule has 1 atom stereocenters. The first kappa shape index (κ1) is 13.6. The minimum absolute atomic E-state index is 0.0269. The Balaban J connectivity index is 1.74. The van der Waals surface area contributed by atoms with Crippen molar-refractivity contribution in [2.45, 2.75) is 13.3 Å². The number of aromatic nitrogens is 2. The van der Waals surface area contributed by atoms with Crippen LogP contribution < -0.4 is 16.3 Å². The molecule has 3 rings (SSSR count). The van der Waals surface area contributed by atoms with E-state index in [1.807, 2.05) is 6.92 Å². The normalized spacial score (nSPS) is 21.4. The summed E-state index contributed by atoms with van der Waals surface area (Å²) in [5, 5.41) is 6.15. The largest absolute Gasteiger partial charge is 0.330 e. The van der Waals surface area contributed by atoms with Crippen molar-refractivity contribution in [3.63, 3.8) is 0 Å². The molecule has 110 valence electrons. The molecule has 1 aliphatic heterocycles. The molecule has 21 heavy (non-hydrogen) atoms. The first-order valence-electron chi connectivity index (χ1n) is 6.97. The molecule has 2 heterocycles. The number of amides is 1. The summed E-state index contributed by atoms with van der Waals surface area (Å²) in [5.74, 6) is 0.0269. The monoisotopic (exact) mass is 286 g/mol. The average molecular weight is 286 g/mol. The second-order valence-corrected chi connectivity index (χ2v) is 5.62. The summed E-state index contributed by atoms with van der Waals surface area (Å²) >= 11 is 0. The Bertz CT molecular complexity index is 693. The zero-order chi connectivity index (χ0) is 14.9. The van der Waals surface area contributed by atoms with Gasteiger partial charge in [0.25, 0.3) is 0 Å². The fourth-order valence-electron chi connectivity index (χ4n) is 2.52. The van der Waals surface area contributed by atoms with E-state index >= 15 is 0 Å². The number of rotatable bonds is 3. The van der Waals surface area contributed by atoms with Gasteiger partial charge in [0.2, 0.25) is 5.91 Å². The van der Waals surface area contributed by atoms with E-state index in [1.165, 1.54) is 4.57 Å². The average Bonchev–Trinajstić information content (AvgIpc) is 3.09. The highest BCUT2D eigenvalue weighted by Crippen LogP contribution is 2.26. The lowest BCUT2D eigenvalue weighted by Gasteiger charge is -2.21. The molecule has 1 aromatic carbocycles. The van der Waals surface area contributed by atoms with Crippen LogP contribution in [0.25, 0.3) is 5.69 Å². The Morgan fingerprint density at radius 1 is 1.33 bits per heavy atom. The number of imidazole rings is 1. The third-order valence-electron chi connectivity index (χ3n) is 3.97. The van der Waals surface area contributed by atoms with E-state index in [4.69, 9.17) is 0 Å². The van der Waals surface area contributed by atoms with Crippen LogP contribution in [0.4, 0.5) is 5.69 Å². The quantitative estimate of drug-likeness (QED) is 0.790. The van der Waals surface area contributed by atoms with Crippen LogP contribution in [0, 0.1) is 5.41 Å². The van der Waals surface area contributed by atoms with E-state index in [9.17, 15) is 9.59 Å². The number of H-pyrrole nitrogens is 1. The summed E-state index contributed by atoms with van der Waals surface area (Å²) in [6.45, 7) is 3.55. The minimum atomic E-state index is -0.351. The van der Waals surface area contributed by atoms with Crippen molar-refractivity contribution < 1.29 is 4.79 Å². The third-order valence-corrected chi connectivity index (χ3v) is 3.97. The van der Waals surface area contributed by atoms with Gasteiger partial charge in [-0.05, 0) is 44.2 Å². The highest BCUT2D eigenvalue weighted by molar-refractivity contribution is 5.95. The summed E-state index contributed by atoms with van der Waals surface area (Å²) in [6.07, 6.45) is 4.10. The van der Waals surface area contributed by atoms with Gasteiger partial charge in [0, 0.05) is 24.6 Å². The van der Waals surface area contributed by atoms with Gasteiger partial charge in [-0.15, -0.1) is 0 Å². The number of carbonyl (C=O) groups excluding carboxylic acids is 1. The smallest absolute Gasteiger partial charge is 0.326 e. The van der Waals surface area contributed by atoms with Crippen LogP contribution in [0.15, 0.2) is 41.5 Å². The fourth-order valence-corrected chi connectivity index (χ4v) is 2.52. The van der Waals surface area contributed by atoms with Gasteiger partial charge >= 0.3 is 5.69 Å². The highest BCUT2D eigenvalue weighted by atomic mass is 16.2. The van der Waals surface area contributed by atoms with Crippen molar-refractivity contribution in [2.75, 3.05) is 18.4 Å². The number of aromatic amines is 1. The maximum atomic E-state index is 12.3. The van der Waals surface area contributed by atoms with E-state index < -0.39 is 0 Å². The molecule has 1 aromatic heterocycles. The highest BCUT2D eigenvalue weighted by Gasteiger charge is 2.36. The Morgan fingerprint density at radius 2 is 2.10 bits per heavy atom. The van der Waals surface area contributed by atoms with Crippen LogP contribution in [-0.4, -0.2) is 28.5 Å². The minimum Gasteiger partial charge on any atom is -0.326 e. The van der Waals surface area contributed by atoms with Crippen LogP contribution in [0.3, 0.4) is 0 Å². The second-order valence-electron chi connectivity index (χ2n) is 5.62. The van der Waals surface area contributed by atoms with Gasteiger partial charge in [-0.2, -0.15) is 0 Å². The Morgan fingerprint density at radius 3 is 2.67 bits per heavy atom. The summed E-state index contributed by atoms with van der Waals surface area (Å²) < 4.78 is 1.51. The van der Waals surface area contributed by atoms with E-state index in [0.29, 0.717) is 6.54 Å². The van der Waals surface area contributed by atoms with Gasteiger partial charge in [-0.25, -0.2) is 4.79 Å². The van der Waals surface area contributed by atoms with Gasteiger partial charge in [0.1, 0.15) is 0 Å². The van der Waals surface area contributed by atoms with Crippen molar-refractivity contribution in [1.82, 2.24) is 14.9 Å². The predicted octanol–water partition coefficient (Wildman–Crippen LogP) is 1.10. The number of nitrogens with zero attached hydrogens (tertiary/aromatic N) is 1. The van der Waals surface area contributed by atoms with Gasteiger partial charge in [-0.1, -0.05) is 0 Å². The molecule has 2 aromatic rings. The molecule has 0 aliphatic carbocycles. The van der Waals surface area contributed by atoms with Gasteiger partial charge in [0.15, 0.2) is 0 Å². The molecule has 0 spiro atoms. The predicted molar refractivity (Wildman–Crippen MR) is 80.6 cm³/mol. The number of anilines is 1. The van der Waals surface area contributed by atoms with Crippen molar-refractivity contribution in [1.29, 1.82) is 0 Å². The lowest BCUT2D eigenvalue weighted by molar-refractivity contribution is -0.123. The molecule has 3 N–H and O–H groups in total. The second kappa shape index (κ2) is 5.21. The molecule has 0 saturated carbocycles. The van der Waals surface area contributed by atoms with Crippen LogP contribution in [-0.2, 0) is 4.79 Å². The van der Waals surface area contributed by atoms with Crippen molar-refractivity contribution >= 4 is 11.6 Å². The standard InChI is InChI=1S/C15H18N4O2/c1-15(6-7-16-10-15)13(20)18-11-2-4-12(5-3-11)19-9-8-17-14(19)21/h2-5,8-9,16H,6-7,10H2,1H3,(H,17,21)(H,18,20). The number of hydrogen-bond acceptors (Lipinski definition) is 3. The van der Waals surface area contributed by atoms with E-state index in [2.05, 4.69) is 15.6 Å². The van der Waals surface area contributed by atoms with Crippen LogP contribution in [0.2, 0.25) is 0 Å². The Labute approximate surface area is 122 Å².